The molecule has 3 aliphatic carbocycles. The van der Waals surface area contributed by atoms with E-state index in [2.05, 4.69) is 22.5 Å². The first kappa shape index (κ1) is 25.6. The van der Waals surface area contributed by atoms with E-state index >= 15 is 0 Å². The van der Waals surface area contributed by atoms with Gasteiger partial charge < -0.3 is 5.11 Å². The third-order valence-electron chi connectivity index (χ3n) is 8.96. The van der Waals surface area contributed by atoms with Gasteiger partial charge in [0.05, 0.1) is 22.0 Å². The molecule has 3 aromatic carbocycles. The Hall–Kier alpha value is -4.36. The number of carbonyl (C=O) groups excluding carboxylic acids is 4. The van der Waals surface area contributed by atoms with Crippen molar-refractivity contribution in [1.82, 2.24) is 0 Å². The molecule has 1 N–H and O–H groups in total. The van der Waals surface area contributed by atoms with Crippen molar-refractivity contribution in [3.8, 4) is 5.75 Å². The Labute approximate surface area is 244 Å². The molecule has 0 radical (unpaired) electrons. The smallest absolute Gasteiger partial charge is 0.238 e. The number of benzene rings is 3. The molecule has 1 aliphatic heterocycles. The van der Waals surface area contributed by atoms with Crippen LogP contribution in [0.3, 0.4) is 0 Å². The van der Waals surface area contributed by atoms with Gasteiger partial charge in [0, 0.05) is 28.5 Å². The quantitative estimate of drug-likeness (QED) is 0.219. The Morgan fingerprint density at radius 3 is 2.37 bits per heavy atom. The van der Waals surface area contributed by atoms with E-state index in [1.54, 1.807) is 30.3 Å². The molecule has 7 rings (SSSR count). The van der Waals surface area contributed by atoms with E-state index in [-0.39, 0.29) is 40.0 Å². The highest BCUT2D eigenvalue weighted by Crippen LogP contribution is 2.56. The van der Waals surface area contributed by atoms with Crippen molar-refractivity contribution in [1.29, 1.82) is 0 Å². The highest BCUT2D eigenvalue weighted by atomic mass is 79.9. The fourth-order valence-corrected chi connectivity index (χ4v) is 7.58. The van der Waals surface area contributed by atoms with Gasteiger partial charge in [0.1, 0.15) is 5.75 Å². The molecule has 4 aliphatic rings. The zero-order chi connectivity index (χ0) is 28.6. The van der Waals surface area contributed by atoms with Crippen molar-refractivity contribution < 1.29 is 24.3 Å². The van der Waals surface area contributed by atoms with Crippen molar-refractivity contribution in [3.05, 3.63) is 112 Å². The monoisotopic (exact) mass is 605 g/mol. The first-order valence-corrected chi connectivity index (χ1v) is 14.3. The number of anilines is 1. The lowest BCUT2D eigenvalue weighted by molar-refractivity contribution is -0.123. The molecular weight excluding hydrogens is 582 g/mol. The number of hydrogen-bond acceptors (Lipinski definition) is 5. The van der Waals surface area contributed by atoms with Crippen LogP contribution in [0.25, 0.3) is 16.8 Å². The number of fused-ring (bicyclic) bond motifs is 4. The van der Waals surface area contributed by atoms with Crippen LogP contribution in [0, 0.1) is 17.8 Å². The molecule has 202 valence electrons. The molecule has 1 fully saturated rings. The predicted octanol–water partition coefficient (Wildman–Crippen LogP) is 6.16. The Balaban J connectivity index is 1.40. The highest BCUT2D eigenvalue weighted by Gasteiger charge is 2.56. The SMILES string of the molecule is C=Cc1ccc(N2C(=O)[C@H]3[C@H](CC=C4[C@H](c5ccc(O)c6ccccc56)C5=C(C[C@H]43)C(=O)C(Br)=CC5=O)C2=O)cc1. The maximum absolute atomic E-state index is 14.1. The highest BCUT2D eigenvalue weighted by molar-refractivity contribution is 9.12. The van der Waals surface area contributed by atoms with E-state index in [0.717, 1.165) is 22.1 Å². The van der Waals surface area contributed by atoms with Crippen LogP contribution in [0.15, 0.2) is 101 Å². The molecule has 0 aromatic heterocycles. The zero-order valence-corrected chi connectivity index (χ0v) is 23.4. The molecular formula is C34H24BrNO5. The van der Waals surface area contributed by atoms with Crippen LogP contribution in [0.4, 0.5) is 5.69 Å². The second-order valence-corrected chi connectivity index (χ2v) is 11.8. The van der Waals surface area contributed by atoms with Crippen LogP contribution in [-0.2, 0) is 19.2 Å². The van der Waals surface area contributed by atoms with Crippen molar-refractivity contribution in [2.75, 3.05) is 4.90 Å². The summed E-state index contributed by atoms with van der Waals surface area (Å²) in [6, 6.07) is 17.9. The molecule has 4 atom stereocenters. The van der Waals surface area contributed by atoms with Gasteiger partial charge in [0.15, 0.2) is 11.6 Å². The van der Waals surface area contributed by atoms with Crippen LogP contribution in [0.1, 0.15) is 29.9 Å². The Morgan fingerprint density at radius 2 is 1.63 bits per heavy atom. The van der Waals surface area contributed by atoms with E-state index in [4.69, 9.17) is 0 Å². The van der Waals surface area contributed by atoms with Gasteiger partial charge in [-0.2, -0.15) is 0 Å². The van der Waals surface area contributed by atoms with Crippen molar-refractivity contribution in [2.24, 2.45) is 17.8 Å². The van der Waals surface area contributed by atoms with Gasteiger partial charge >= 0.3 is 0 Å². The number of imide groups is 1. The average molecular weight is 606 g/mol. The summed E-state index contributed by atoms with van der Waals surface area (Å²) in [5, 5.41) is 12.0. The molecule has 0 bridgehead atoms. The number of aromatic hydroxyl groups is 1. The van der Waals surface area contributed by atoms with E-state index in [1.807, 2.05) is 42.5 Å². The normalized spacial score (nSPS) is 25.5. The number of phenolic OH excluding ortho intramolecular Hbond substituents is 1. The summed E-state index contributed by atoms with van der Waals surface area (Å²) in [4.78, 5) is 56.1. The van der Waals surface area contributed by atoms with Crippen molar-refractivity contribution in [2.45, 2.75) is 18.8 Å². The minimum Gasteiger partial charge on any atom is -0.507 e. The zero-order valence-electron chi connectivity index (χ0n) is 21.8. The molecule has 1 saturated heterocycles. The molecule has 3 aromatic rings. The maximum Gasteiger partial charge on any atom is 0.238 e. The Bertz CT molecular complexity index is 1830. The standard InChI is InChI=1S/C34H24BrNO5/c1-2-17-7-9-18(10-8-17)36-33(40)23-12-11-22-24(30(23)34(36)41)15-25-31(28(38)16-26(35)32(25)39)29(22)21-13-14-27(37)20-6-4-3-5-19(20)21/h2-11,13-14,16,23-24,29-30,37H,1,12,15H2/t23-,24+,29-,30-/m0/s1. The lowest BCUT2D eigenvalue weighted by Gasteiger charge is -2.42. The second kappa shape index (κ2) is 9.35. The number of rotatable bonds is 3. The van der Waals surface area contributed by atoms with Crippen molar-refractivity contribution in [3.63, 3.8) is 0 Å². The van der Waals surface area contributed by atoms with E-state index in [0.29, 0.717) is 28.6 Å². The largest absolute Gasteiger partial charge is 0.507 e. The van der Waals surface area contributed by atoms with Crippen LogP contribution in [-0.4, -0.2) is 28.5 Å². The molecule has 2 amide bonds. The number of ketones is 2. The van der Waals surface area contributed by atoms with Crippen LogP contribution < -0.4 is 4.90 Å². The van der Waals surface area contributed by atoms with E-state index in [9.17, 15) is 24.3 Å². The predicted molar refractivity (Wildman–Crippen MR) is 159 cm³/mol. The van der Waals surface area contributed by atoms with Crippen LogP contribution >= 0.6 is 15.9 Å². The third kappa shape index (κ3) is 3.68. The lowest BCUT2D eigenvalue weighted by Crippen LogP contribution is -2.39. The van der Waals surface area contributed by atoms with E-state index in [1.165, 1.54) is 11.0 Å². The molecule has 0 spiro atoms. The summed E-state index contributed by atoms with van der Waals surface area (Å²) in [7, 11) is 0. The number of carbonyl (C=O) groups is 4. The number of Topliss-reactive ketones (excluding diaryl/α,β-unsaturated/α-hetero) is 1. The fourth-order valence-electron chi connectivity index (χ4n) is 7.13. The summed E-state index contributed by atoms with van der Waals surface area (Å²) >= 11 is 3.27. The van der Waals surface area contributed by atoms with Gasteiger partial charge in [-0.05, 0) is 69.4 Å². The summed E-state index contributed by atoms with van der Waals surface area (Å²) in [5.74, 6) is -3.19. The van der Waals surface area contributed by atoms with Gasteiger partial charge in [-0.1, -0.05) is 66.8 Å². The fraction of sp³-hybridized carbons (Fsp3) is 0.176. The molecule has 0 unspecified atom stereocenters. The molecule has 7 heteroatoms. The number of allylic oxidation sites excluding steroid dienone is 6. The van der Waals surface area contributed by atoms with Crippen molar-refractivity contribution >= 4 is 61.8 Å². The molecule has 41 heavy (non-hydrogen) atoms. The number of amides is 2. The first-order valence-electron chi connectivity index (χ1n) is 13.5. The number of hydrogen-bond donors (Lipinski definition) is 1. The Morgan fingerprint density at radius 1 is 0.902 bits per heavy atom. The minimum absolute atomic E-state index is 0.118. The Kier molecular flexibility index (Phi) is 5.84. The second-order valence-electron chi connectivity index (χ2n) is 10.9. The summed E-state index contributed by atoms with van der Waals surface area (Å²) in [6.07, 6.45) is 5.58. The van der Waals surface area contributed by atoms with Gasteiger partial charge in [-0.15, -0.1) is 0 Å². The van der Waals surface area contributed by atoms with Gasteiger partial charge in [-0.3, -0.25) is 24.1 Å². The number of halogens is 1. The van der Waals surface area contributed by atoms with Crippen LogP contribution in [0.5, 0.6) is 5.75 Å². The number of phenols is 1. The molecule has 0 saturated carbocycles. The molecule has 6 nitrogen and oxygen atoms in total. The van der Waals surface area contributed by atoms with Gasteiger partial charge in [0.25, 0.3) is 0 Å². The average Bonchev–Trinajstić information content (AvgIpc) is 3.25. The summed E-state index contributed by atoms with van der Waals surface area (Å²) in [6.45, 7) is 3.77. The maximum atomic E-state index is 14.1. The van der Waals surface area contributed by atoms with E-state index < -0.39 is 23.7 Å². The third-order valence-corrected chi connectivity index (χ3v) is 9.55. The number of nitrogens with zero attached hydrogens (tertiary/aromatic N) is 1. The van der Waals surface area contributed by atoms with Gasteiger partial charge in [-0.25, -0.2) is 0 Å². The van der Waals surface area contributed by atoms with Crippen LogP contribution in [0.2, 0.25) is 0 Å². The topological polar surface area (TPSA) is 91.8 Å². The molecule has 1 heterocycles. The lowest BCUT2D eigenvalue weighted by atomic mass is 9.59. The first-order chi connectivity index (χ1) is 19.8. The van der Waals surface area contributed by atoms with Gasteiger partial charge in [0.2, 0.25) is 11.8 Å². The summed E-state index contributed by atoms with van der Waals surface area (Å²) in [5.41, 5.74) is 3.82. The minimum atomic E-state index is -0.658. The summed E-state index contributed by atoms with van der Waals surface area (Å²) < 4.78 is 0.188.